The maximum atomic E-state index is 12.3. The summed E-state index contributed by atoms with van der Waals surface area (Å²) in [5, 5.41) is 8.74. The van der Waals surface area contributed by atoms with E-state index in [-0.39, 0.29) is 18.5 Å². The number of aliphatic hydroxyl groups excluding tert-OH is 1. The highest BCUT2D eigenvalue weighted by Crippen LogP contribution is 2.16. The van der Waals surface area contributed by atoms with Crippen molar-refractivity contribution in [2.24, 2.45) is 0 Å². The van der Waals surface area contributed by atoms with Crippen LogP contribution in [-0.2, 0) is 4.74 Å². The number of piperidine rings is 1. The van der Waals surface area contributed by atoms with Crippen molar-refractivity contribution in [2.75, 3.05) is 32.8 Å². The number of carbonyl (C=O) groups is 1. The molecule has 1 aliphatic heterocycles. The number of likely N-dealkylation sites (tertiary alicyclic amines) is 1. The monoisotopic (exact) mass is 280 g/mol. The second-order valence-corrected chi connectivity index (χ2v) is 5.48. The van der Waals surface area contributed by atoms with Crippen LogP contribution in [0.4, 0.5) is 0 Å². The molecule has 1 saturated heterocycles. The van der Waals surface area contributed by atoms with Crippen molar-refractivity contribution in [2.45, 2.75) is 32.8 Å². The molecule has 0 atom stereocenters. The Labute approximate surface area is 119 Å². The minimum Gasteiger partial charge on any atom is -0.394 e. The minimum atomic E-state index is 0.0742. The number of rotatable bonds is 6. The number of H-pyrrole nitrogens is 1. The fraction of sp³-hybridized carbons (Fsp3) is 0.667. The number of nitrogens with zero attached hydrogens (tertiary/aromatic N) is 1. The molecule has 0 unspecified atom stereocenters. The first-order valence-electron chi connectivity index (χ1n) is 7.24. The predicted octanol–water partition coefficient (Wildman–Crippen LogP) is 1.29. The van der Waals surface area contributed by atoms with Crippen molar-refractivity contribution in [1.29, 1.82) is 0 Å². The number of ketones is 1. The van der Waals surface area contributed by atoms with Gasteiger partial charge in [0.1, 0.15) is 0 Å². The van der Waals surface area contributed by atoms with Crippen LogP contribution in [-0.4, -0.2) is 59.7 Å². The minimum absolute atomic E-state index is 0.0742. The second-order valence-electron chi connectivity index (χ2n) is 5.48. The summed E-state index contributed by atoms with van der Waals surface area (Å²) in [5.74, 6) is 0.182. The zero-order valence-electron chi connectivity index (χ0n) is 12.3. The molecule has 0 spiro atoms. The Bertz CT molecular complexity index is 448. The highest BCUT2D eigenvalue weighted by molar-refractivity contribution is 5.98. The molecule has 0 aliphatic carbocycles. The van der Waals surface area contributed by atoms with Crippen LogP contribution in [0.1, 0.15) is 34.6 Å². The van der Waals surface area contributed by atoms with E-state index >= 15 is 0 Å². The summed E-state index contributed by atoms with van der Waals surface area (Å²) < 4.78 is 5.53. The van der Waals surface area contributed by atoms with Gasteiger partial charge in [-0.25, -0.2) is 0 Å². The first-order chi connectivity index (χ1) is 9.60. The van der Waals surface area contributed by atoms with E-state index in [0.717, 1.165) is 42.9 Å². The first-order valence-corrected chi connectivity index (χ1v) is 7.24. The van der Waals surface area contributed by atoms with Crippen LogP contribution in [0.15, 0.2) is 6.07 Å². The fourth-order valence-electron chi connectivity index (χ4n) is 2.76. The maximum Gasteiger partial charge on any atom is 0.178 e. The van der Waals surface area contributed by atoms with E-state index in [9.17, 15) is 4.79 Å². The zero-order valence-corrected chi connectivity index (χ0v) is 12.3. The predicted molar refractivity (Wildman–Crippen MR) is 77.1 cm³/mol. The Morgan fingerprint density at radius 3 is 2.70 bits per heavy atom. The van der Waals surface area contributed by atoms with Crippen LogP contribution in [0.2, 0.25) is 0 Å². The Balaban J connectivity index is 1.80. The molecule has 1 aromatic heterocycles. The van der Waals surface area contributed by atoms with Gasteiger partial charge in [0, 0.05) is 30.0 Å². The van der Waals surface area contributed by atoms with Gasteiger partial charge in [0.25, 0.3) is 0 Å². The SMILES string of the molecule is Cc1cc(C(=O)CN2CCC(OCCO)CC2)c(C)[nH]1. The number of nitrogens with one attached hydrogen (secondary N) is 1. The van der Waals surface area contributed by atoms with E-state index in [0.29, 0.717) is 13.2 Å². The van der Waals surface area contributed by atoms with E-state index < -0.39 is 0 Å². The van der Waals surface area contributed by atoms with Gasteiger partial charge in [0.05, 0.1) is 25.9 Å². The fourth-order valence-corrected chi connectivity index (χ4v) is 2.76. The number of carbonyl (C=O) groups excluding carboxylic acids is 1. The van der Waals surface area contributed by atoms with Crippen molar-refractivity contribution in [3.63, 3.8) is 0 Å². The van der Waals surface area contributed by atoms with E-state index in [1.165, 1.54) is 0 Å². The van der Waals surface area contributed by atoms with Crippen LogP contribution in [0.5, 0.6) is 0 Å². The number of aromatic amines is 1. The van der Waals surface area contributed by atoms with E-state index in [2.05, 4.69) is 9.88 Å². The van der Waals surface area contributed by atoms with Crippen molar-refractivity contribution >= 4 is 5.78 Å². The summed E-state index contributed by atoms with van der Waals surface area (Å²) in [6.45, 7) is 6.62. The molecule has 0 radical (unpaired) electrons. The largest absolute Gasteiger partial charge is 0.394 e. The molecular weight excluding hydrogens is 256 g/mol. The maximum absolute atomic E-state index is 12.3. The molecule has 1 fully saturated rings. The number of aliphatic hydroxyl groups is 1. The van der Waals surface area contributed by atoms with Gasteiger partial charge in [-0.15, -0.1) is 0 Å². The Morgan fingerprint density at radius 1 is 1.45 bits per heavy atom. The van der Waals surface area contributed by atoms with Crippen molar-refractivity contribution in [3.05, 3.63) is 23.0 Å². The van der Waals surface area contributed by atoms with Gasteiger partial charge < -0.3 is 14.8 Å². The molecule has 20 heavy (non-hydrogen) atoms. The van der Waals surface area contributed by atoms with Gasteiger partial charge in [0.2, 0.25) is 0 Å². The summed E-state index contributed by atoms with van der Waals surface area (Å²) in [5.41, 5.74) is 2.79. The van der Waals surface area contributed by atoms with Crippen LogP contribution in [0.25, 0.3) is 0 Å². The zero-order chi connectivity index (χ0) is 14.5. The Kier molecular flexibility index (Phi) is 5.34. The normalized spacial score (nSPS) is 17.6. The highest BCUT2D eigenvalue weighted by Gasteiger charge is 2.22. The summed E-state index contributed by atoms with van der Waals surface area (Å²) in [6.07, 6.45) is 2.08. The van der Waals surface area contributed by atoms with Crippen molar-refractivity contribution in [1.82, 2.24) is 9.88 Å². The lowest BCUT2D eigenvalue weighted by atomic mass is 10.1. The molecule has 1 aliphatic rings. The number of aryl methyl sites for hydroxylation is 2. The number of hydrogen-bond donors (Lipinski definition) is 2. The van der Waals surface area contributed by atoms with Crippen LogP contribution in [0, 0.1) is 13.8 Å². The Morgan fingerprint density at radius 2 is 2.15 bits per heavy atom. The van der Waals surface area contributed by atoms with Gasteiger partial charge in [0.15, 0.2) is 5.78 Å². The molecule has 5 heteroatoms. The average molecular weight is 280 g/mol. The topological polar surface area (TPSA) is 65.6 Å². The smallest absolute Gasteiger partial charge is 0.178 e. The first kappa shape index (κ1) is 15.2. The summed E-state index contributed by atoms with van der Waals surface area (Å²) in [4.78, 5) is 17.6. The van der Waals surface area contributed by atoms with Gasteiger partial charge in [-0.2, -0.15) is 0 Å². The van der Waals surface area contributed by atoms with Gasteiger partial charge in [-0.3, -0.25) is 9.69 Å². The molecule has 0 saturated carbocycles. The standard InChI is InChI=1S/C15H24N2O3/c1-11-9-14(12(2)16-11)15(19)10-17-5-3-13(4-6-17)20-8-7-18/h9,13,16,18H,3-8,10H2,1-2H3. The number of ether oxygens (including phenoxy) is 1. The highest BCUT2D eigenvalue weighted by atomic mass is 16.5. The second kappa shape index (κ2) is 7.02. The molecule has 0 aromatic carbocycles. The van der Waals surface area contributed by atoms with Crippen molar-refractivity contribution in [3.8, 4) is 0 Å². The quantitative estimate of drug-likeness (QED) is 0.771. The van der Waals surface area contributed by atoms with Crippen LogP contribution >= 0.6 is 0 Å². The Hall–Kier alpha value is -1.17. The van der Waals surface area contributed by atoms with Gasteiger partial charge in [-0.1, -0.05) is 0 Å². The lowest BCUT2D eigenvalue weighted by molar-refractivity contribution is -0.00689. The molecule has 2 heterocycles. The van der Waals surface area contributed by atoms with E-state index in [4.69, 9.17) is 9.84 Å². The molecule has 2 rings (SSSR count). The summed E-state index contributed by atoms with van der Waals surface area (Å²) in [7, 11) is 0. The molecule has 0 bridgehead atoms. The number of hydrogen-bond acceptors (Lipinski definition) is 4. The summed E-state index contributed by atoms with van der Waals surface area (Å²) in [6, 6.07) is 1.93. The third-order valence-electron chi connectivity index (χ3n) is 3.80. The molecule has 0 amide bonds. The lowest BCUT2D eigenvalue weighted by Crippen LogP contribution is -2.40. The molecule has 1 aromatic rings. The molecular formula is C15H24N2O3. The van der Waals surface area contributed by atoms with Crippen molar-refractivity contribution < 1.29 is 14.6 Å². The number of aromatic nitrogens is 1. The number of Topliss-reactive ketones (excluding diaryl/α,β-unsaturated/α-hetero) is 1. The lowest BCUT2D eigenvalue weighted by Gasteiger charge is -2.31. The molecule has 2 N–H and O–H groups in total. The van der Waals surface area contributed by atoms with Gasteiger partial charge in [-0.05, 0) is 32.8 Å². The van der Waals surface area contributed by atoms with Crippen LogP contribution in [0.3, 0.4) is 0 Å². The van der Waals surface area contributed by atoms with E-state index in [1.807, 2.05) is 19.9 Å². The molecule has 5 nitrogen and oxygen atoms in total. The van der Waals surface area contributed by atoms with E-state index in [1.54, 1.807) is 0 Å². The third kappa shape index (κ3) is 3.91. The summed E-state index contributed by atoms with van der Waals surface area (Å²) >= 11 is 0. The third-order valence-corrected chi connectivity index (χ3v) is 3.80. The molecule has 112 valence electrons. The van der Waals surface area contributed by atoms with Gasteiger partial charge >= 0.3 is 0 Å². The average Bonchev–Trinajstić information content (AvgIpc) is 2.77. The van der Waals surface area contributed by atoms with Crippen LogP contribution < -0.4 is 0 Å².